The van der Waals surface area contributed by atoms with Crippen molar-refractivity contribution in [2.45, 2.75) is 20.4 Å². The van der Waals surface area contributed by atoms with Gasteiger partial charge in [0.2, 0.25) is 11.6 Å². The molecule has 0 amide bonds. The van der Waals surface area contributed by atoms with Crippen LogP contribution in [0.1, 0.15) is 27.8 Å². The first-order valence-corrected chi connectivity index (χ1v) is 5.26. The zero-order valence-corrected chi connectivity index (χ0v) is 10.2. The van der Waals surface area contributed by atoms with Crippen LogP contribution in [0.3, 0.4) is 0 Å². The Hall–Kier alpha value is -2.71. The molecule has 0 aliphatic rings. The van der Waals surface area contributed by atoms with Crippen LogP contribution in [0.5, 0.6) is 0 Å². The Kier molecular flexibility index (Phi) is 3.03. The molecule has 0 bridgehead atoms. The summed E-state index contributed by atoms with van der Waals surface area (Å²) in [5.41, 5.74) is -0.465. The maximum Gasteiger partial charge on any atom is 0.363 e. The number of carboxylic acids is 1. The third-order valence-corrected chi connectivity index (χ3v) is 2.51. The third kappa shape index (κ3) is 2.44. The summed E-state index contributed by atoms with van der Waals surface area (Å²) < 4.78 is 6.42. The van der Waals surface area contributed by atoms with Crippen LogP contribution < -0.4 is 0 Å². The number of nitrogens with zero attached hydrogens (tertiary/aromatic N) is 4. The number of carbonyl (C=O) groups is 1. The van der Waals surface area contributed by atoms with E-state index in [1.165, 1.54) is 0 Å². The Labute approximate surface area is 106 Å². The van der Waals surface area contributed by atoms with Crippen molar-refractivity contribution >= 4 is 11.7 Å². The summed E-state index contributed by atoms with van der Waals surface area (Å²) in [5, 5.41) is 23.2. The van der Waals surface area contributed by atoms with Gasteiger partial charge >= 0.3 is 11.7 Å². The van der Waals surface area contributed by atoms with Crippen molar-refractivity contribution in [1.29, 1.82) is 0 Å². The molecule has 0 saturated heterocycles. The van der Waals surface area contributed by atoms with Gasteiger partial charge in [-0.2, -0.15) is 5.10 Å². The van der Waals surface area contributed by atoms with E-state index in [-0.39, 0.29) is 6.54 Å². The molecule has 0 aliphatic carbocycles. The Balaban J connectivity index is 2.33. The topological polar surface area (TPSA) is 124 Å². The van der Waals surface area contributed by atoms with Crippen molar-refractivity contribution < 1.29 is 19.2 Å². The summed E-state index contributed by atoms with van der Waals surface area (Å²) >= 11 is 0. The molecule has 9 nitrogen and oxygen atoms in total. The van der Waals surface area contributed by atoms with Gasteiger partial charge in [-0.25, -0.2) is 9.78 Å². The first kappa shape index (κ1) is 12.7. The minimum Gasteiger partial charge on any atom is -0.476 e. The molecule has 9 heteroatoms. The number of oxazole rings is 1. The molecule has 0 saturated carbocycles. The van der Waals surface area contributed by atoms with Gasteiger partial charge in [-0.1, -0.05) is 0 Å². The molecule has 2 aromatic rings. The Bertz CT molecular complexity index is 606. The zero-order valence-electron chi connectivity index (χ0n) is 10.2. The average Bonchev–Trinajstić information content (AvgIpc) is 2.84. The number of hydrogen-bond donors (Lipinski definition) is 1. The van der Waals surface area contributed by atoms with Crippen LogP contribution in [0.2, 0.25) is 0 Å². The van der Waals surface area contributed by atoms with Crippen LogP contribution >= 0.6 is 0 Å². The van der Waals surface area contributed by atoms with Gasteiger partial charge in [0.15, 0.2) is 0 Å². The van der Waals surface area contributed by atoms with E-state index in [0.717, 1.165) is 10.9 Å². The fourth-order valence-electron chi connectivity index (χ4n) is 1.52. The maximum absolute atomic E-state index is 10.8. The molecule has 1 N–H and O–H groups in total. The lowest BCUT2D eigenvalue weighted by molar-refractivity contribution is -0.385. The highest BCUT2D eigenvalue weighted by atomic mass is 16.6. The first-order chi connectivity index (χ1) is 8.88. The Morgan fingerprint density at radius 1 is 1.58 bits per heavy atom. The average molecular weight is 266 g/mol. The van der Waals surface area contributed by atoms with Crippen LogP contribution in [-0.4, -0.2) is 30.8 Å². The molecule has 2 heterocycles. The van der Waals surface area contributed by atoms with Gasteiger partial charge in [-0.3, -0.25) is 14.8 Å². The molecule has 0 radical (unpaired) electrons. The summed E-state index contributed by atoms with van der Waals surface area (Å²) in [7, 11) is 0. The lowest BCUT2D eigenvalue weighted by Crippen LogP contribution is -2.04. The van der Waals surface area contributed by atoms with Crippen LogP contribution in [0.25, 0.3) is 0 Å². The lowest BCUT2D eigenvalue weighted by Gasteiger charge is -1.94. The normalized spacial score (nSPS) is 10.6. The number of nitro groups is 1. The van der Waals surface area contributed by atoms with Gasteiger partial charge in [0.25, 0.3) is 0 Å². The molecule has 0 fully saturated rings. The summed E-state index contributed by atoms with van der Waals surface area (Å²) in [6, 6.07) is 0. The van der Waals surface area contributed by atoms with E-state index >= 15 is 0 Å². The minimum atomic E-state index is -1.45. The zero-order chi connectivity index (χ0) is 14.2. The fourth-order valence-corrected chi connectivity index (χ4v) is 1.52. The van der Waals surface area contributed by atoms with Gasteiger partial charge in [0, 0.05) is 0 Å². The summed E-state index contributed by atoms with van der Waals surface area (Å²) in [5.74, 6) is -0.510. The minimum absolute atomic E-state index is 0.0306. The maximum atomic E-state index is 10.8. The predicted octanol–water partition coefficient (Wildman–Crippen LogP) is 1.14. The highest BCUT2D eigenvalue weighted by Crippen LogP contribution is 2.18. The van der Waals surface area contributed by atoms with Gasteiger partial charge in [0.1, 0.15) is 18.5 Å². The molecule has 0 spiro atoms. The second-order valence-corrected chi connectivity index (χ2v) is 3.87. The van der Waals surface area contributed by atoms with E-state index < -0.39 is 22.3 Å². The molecule has 100 valence electrons. The second-order valence-electron chi connectivity index (χ2n) is 3.87. The summed E-state index contributed by atoms with van der Waals surface area (Å²) in [6.45, 7) is 3.53. The van der Waals surface area contributed by atoms with Crippen LogP contribution in [-0.2, 0) is 6.54 Å². The van der Waals surface area contributed by atoms with Gasteiger partial charge in [-0.05, 0) is 13.8 Å². The first-order valence-electron chi connectivity index (χ1n) is 5.26. The summed E-state index contributed by atoms with van der Waals surface area (Å²) in [4.78, 5) is 24.8. The van der Waals surface area contributed by atoms with Gasteiger partial charge in [0.05, 0.1) is 10.6 Å². The largest absolute Gasteiger partial charge is 0.476 e. The van der Waals surface area contributed by atoms with Gasteiger partial charge < -0.3 is 9.52 Å². The van der Waals surface area contributed by atoms with E-state index in [4.69, 9.17) is 9.52 Å². The number of carboxylic acid groups (broad SMARTS) is 1. The third-order valence-electron chi connectivity index (χ3n) is 2.51. The van der Waals surface area contributed by atoms with Crippen molar-refractivity contribution in [3.05, 3.63) is 39.3 Å². The molecular formula is C10H10N4O5. The van der Waals surface area contributed by atoms with E-state index in [2.05, 4.69) is 10.1 Å². The van der Waals surface area contributed by atoms with E-state index in [1.807, 2.05) is 0 Å². The van der Waals surface area contributed by atoms with E-state index in [1.54, 1.807) is 13.8 Å². The van der Waals surface area contributed by atoms with Crippen molar-refractivity contribution in [3.63, 3.8) is 0 Å². The lowest BCUT2D eigenvalue weighted by atomic mass is 10.4. The Morgan fingerprint density at radius 3 is 2.68 bits per heavy atom. The van der Waals surface area contributed by atoms with Crippen molar-refractivity contribution in [2.75, 3.05) is 0 Å². The molecule has 0 aromatic carbocycles. The van der Waals surface area contributed by atoms with Crippen molar-refractivity contribution in [3.8, 4) is 0 Å². The molecular weight excluding hydrogens is 256 g/mol. The highest BCUT2D eigenvalue weighted by molar-refractivity contribution is 5.89. The number of aromatic carboxylic acids is 1. The number of aryl methyl sites for hydroxylation is 2. The molecule has 0 atom stereocenters. The van der Waals surface area contributed by atoms with Crippen LogP contribution in [0.15, 0.2) is 10.6 Å². The van der Waals surface area contributed by atoms with Crippen LogP contribution in [0.4, 0.5) is 5.69 Å². The molecule has 19 heavy (non-hydrogen) atoms. The van der Waals surface area contributed by atoms with E-state index in [9.17, 15) is 14.9 Å². The van der Waals surface area contributed by atoms with Gasteiger partial charge in [-0.15, -0.1) is 0 Å². The number of hydrogen-bond acceptors (Lipinski definition) is 6. The molecule has 2 rings (SSSR count). The van der Waals surface area contributed by atoms with E-state index in [0.29, 0.717) is 17.3 Å². The smallest absolute Gasteiger partial charge is 0.363 e. The van der Waals surface area contributed by atoms with Crippen molar-refractivity contribution in [2.24, 2.45) is 0 Å². The Morgan fingerprint density at radius 2 is 2.26 bits per heavy atom. The quantitative estimate of drug-likeness (QED) is 0.649. The van der Waals surface area contributed by atoms with Crippen LogP contribution in [0, 0.1) is 24.0 Å². The monoisotopic (exact) mass is 266 g/mol. The second kappa shape index (κ2) is 4.52. The predicted molar refractivity (Wildman–Crippen MR) is 60.9 cm³/mol. The number of aromatic nitrogens is 3. The number of rotatable bonds is 4. The standard InChI is InChI=1S/C10H10N4O5/c1-5-6(2)19-8(11-5)4-13-3-7(14(17)18)9(12-13)10(15)16/h3H,4H2,1-2H3,(H,15,16). The van der Waals surface area contributed by atoms with Crippen molar-refractivity contribution in [1.82, 2.24) is 14.8 Å². The summed E-state index contributed by atoms with van der Waals surface area (Å²) in [6.07, 6.45) is 1.04. The highest BCUT2D eigenvalue weighted by Gasteiger charge is 2.25. The molecule has 2 aromatic heterocycles. The fraction of sp³-hybridized carbons (Fsp3) is 0.300. The molecule has 0 unspecified atom stereocenters. The molecule has 0 aliphatic heterocycles. The SMILES string of the molecule is Cc1nc(Cn2cc([N+](=O)[O-])c(C(=O)O)n2)oc1C.